The molecule has 1 fully saturated rings. The number of anilines is 1. The van der Waals surface area contributed by atoms with E-state index in [1.165, 1.54) is 31.6 Å². The number of hydrogen-bond acceptors (Lipinski definition) is 11. The number of nitrogens with zero attached hydrogens (tertiary/aromatic N) is 7. The molecule has 15 heteroatoms. The fourth-order valence-electron chi connectivity index (χ4n) is 6.13. The lowest BCUT2D eigenvalue weighted by Gasteiger charge is -2.38. The summed E-state index contributed by atoms with van der Waals surface area (Å²) in [5, 5.41) is 1.92. The standard InChI is InChI=1S/C36H33N7O6S2/c1-41(50(45,46)33-30-9-4-2-7-27(30)15-19-37-33)32(35(44)42-21-23-43(24-22-42)36-39-17-6-18-40-36)25-26-11-13-29(14-12-26)49-51(47,48)34-31-10-5-3-8-28(31)16-20-38-34/h2-20,32H,21-25H2,1H3/t32-/m0/s1. The molecule has 1 saturated heterocycles. The molecule has 260 valence electrons. The monoisotopic (exact) mass is 723 g/mol. The number of hydrogen-bond donors (Lipinski definition) is 0. The number of benzene rings is 3. The van der Waals surface area contributed by atoms with Gasteiger partial charge >= 0.3 is 10.1 Å². The Labute approximate surface area is 295 Å². The van der Waals surface area contributed by atoms with Gasteiger partial charge in [-0.2, -0.15) is 12.7 Å². The van der Waals surface area contributed by atoms with Crippen molar-refractivity contribution in [1.29, 1.82) is 0 Å². The van der Waals surface area contributed by atoms with Gasteiger partial charge in [-0.3, -0.25) is 4.79 Å². The first-order valence-corrected chi connectivity index (χ1v) is 19.0. The lowest BCUT2D eigenvalue weighted by atomic mass is 10.0. The third-order valence-electron chi connectivity index (χ3n) is 8.84. The van der Waals surface area contributed by atoms with Crippen molar-refractivity contribution in [2.45, 2.75) is 22.5 Å². The van der Waals surface area contributed by atoms with Gasteiger partial charge in [0.15, 0.2) is 5.03 Å². The van der Waals surface area contributed by atoms with E-state index in [-0.39, 0.29) is 28.1 Å². The van der Waals surface area contributed by atoms with E-state index in [2.05, 4.69) is 19.9 Å². The SMILES string of the molecule is CN([C@@H](Cc1ccc(OS(=O)(=O)c2nccc3ccccc23)cc1)C(=O)N1CCN(c2ncccn2)CC1)S(=O)(=O)c1nccc2ccccc12. The first-order valence-electron chi connectivity index (χ1n) is 16.1. The Morgan fingerprint density at radius 2 is 1.27 bits per heavy atom. The molecule has 13 nitrogen and oxygen atoms in total. The smallest absolute Gasteiger partial charge is 0.357 e. The van der Waals surface area contributed by atoms with E-state index in [0.29, 0.717) is 59.2 Å². The highest BCUT2D eigenvalue weighted by Crippen LogP contribution is 2.28. The van der Waals surface area contributed by atoms with E-state index < -0.39 is 26.2 Å². The number of sulfonamides is 1. The second-order valence-corrected chi connectivity index (χ2v) is 15.3. The van der Waals surface area contributed by atoms with E-state index in [1.54, 1.807) is 90.1 Å². The van der Waals surface area contributed by atoms with Crippen molar-refractivity contribution < 1.29 is 25.8 Å². The summed E-state index contributed by atoms with van der Waals surface area (Å²) in [6.07, 6.45) is 6.16. The Kier molecular flexibility index (Phi) is 9.33. The highest BCUT2D eigenvalue weighted by atomic mass is 32.2. The zero-order valence-electron chi connectivity index (χ0n) is 27.5. The predicted molar refractivity (Wildman–Crippen MR) is 191 cm³/mol. The van der Waals surface area contributed by atoms with Crippen LogP contribution in [-0.2, 0) is 31.4 Å². The molecule has 0 aliphatic carbocycles. The third-order valence-corrected chi connectivity index (χ3v) is 11.9. The maximum atomic E-state index is 14.3. The minimum Gasteiger partial charge on any atom is -0.378 e. The number of pyridine rings is 2. The van der Waals surface area contributed by atoms with Gasteiger partial charge in [0.25, 0.3) is 10.0 Å². The van der Waals surface area contributed by atoms with Crippen LogP contribution in [0, 0.1) is 0 Å². The molecular formula is C36H33N7O6S2. The molecule has 7 rings (SSSR count). The van der Waals surface area contributed by atoms with Crippen LogP contribution in [0.3, 0.4) is 0 Å². The maximum absolute atomic E-state index is 14.3. The molecule has 0 radical (unpaired) electrons. The number of carbonyl (C=O) groups is 1. The molecule has 51 heavy (non-hydrogen) atoms. The summed E-state index contributed by atoms with van der Waals surface area (Å²) in [6.45, 7) is 1.60. The Balaban J connectivity index is 1.16. The van der Waals surface area contributed by atoms with Gasteiger partial charge in [-0.25, -0.2) is 28.4 Å². The summed E-state index contributed by atoms with van der Waals surface area (Å²) < 4.78 is 61.5. The molecule has 1 aliphatic heterocycles. The van der Waals surface area contributed by atoms with Crippen molar-refractivity contribution in [3.05, 3.63) is 121 Å². The number of rotatable bonds is 10. The van der Waals surface area contributed by atoms with Gasteiger partial charge in [-0.1, -0.05) is 60.7 Å². The number of amides is 1. The molecule has 0 bridgehead atoms. The number of piperazine rings is 1. The maximum Gasteiger partial charge on any atom is 0.357 e. The largest absolute Gasteiger partial charge is 0.378 e. The van der Waals surface area contributed by atoms with E-state index in [0.717, 1.165) is 4.31 Å². The summed E-state index contributed by atoms with van der Waals surface area (Å²) >= 11 is 0. The average molecular weight is 724 g/mol. The number of carbonyl (C=O) groups excluding carboxylic acids is 1. The van der Waals surface area contributed by atoms with Crippen molar-refractivity contribution in [1.82, 2.24) is 29.1 Å². The molecule has 4 heterocycles. The van der Waals surface area contributed by atoms with Gasteiger partial charge in [-0.15, -0.1) is 0 Å². The van der Waals surface area contributed by atoms with E-state index in [1.807, 2.05) is 11.0 Å². The Bertz CT molecular complexity index is 2410. The minimum atomic E-state index is -4.29. The van der Waals surface area contributed by atoms with Crippen LogP contribution in [0.1, 0.15) is 5.56 Å². The second kappa shape index (κ2) is 14.0. The van der Waals surface area contributed by atoms with Gasteiger partial charge in [0, 0.05) is 68.8 Å². The van der Waals surface area contributed by atoms with Gasteiger partial charge in [0.1, 0.15) is 11.8 Å². The molecular weight excluding hydrogens is 691 g/mol. The molecule has 0 saturated carbocycles. The summed E-state index contributed by atoms with van der Waals surface area (Å²) in [7, 11) is -7.17. The van der Waals surface area contributed by atoms with E-state index >= 15 is 0 Å². The second-order valence-electron chi connectivity index (χ2n) is 12.0. The zero-order chi connectivity index (χ0) is 35.6. The zero-order valence-corrected chi connectivity index (χ0v) is 29.1. The summed E-state index contributed by atoms with van der Waals surface area (Å²) in [5.41, 5.74) is 0.589. The lowest BCUT2D eigenvalue weighted by Crippen LogP contribution is -2.56. The lowest BCUT2D eigenvalue weighted by molar-refractivity contribution is -0.135. The number of likely N-dealkylation sites (N-methyl/N-ethyl adjacent to an activating group) is 1. The topological polar surface area (TPSA) is 156 Å². The fraction of sp³-hybridized carbons (Fsp3) is 0.194. The van der Waals surface area contributed by atoms with Gasteiger partial charge in [-0.05, 0) is 53.1 Å². The van der Waals surface area contributed by atoms with Crippen molar-refractivity contribution in [3.63, 3.8) is 0 Å². The highest BCUT2D eigenvalue weighted by Gasteiger charge is 2.38. The van der Waals surface area contributed by atoms with Crippen LogP contribution in [0.4, 0.5) is 5.95 Å². The summed E-state index contributed by atoms with van der Waals surface area (Å²) in [6, 6.07) is 24.2. The van der Waals surface area contributed by atoms with Crippen LogP contribution < -0.4 is 9.08 Å². The molecule has 0 unspecified atom stereocenters. The Morgan fingerprint density at radius 1 is 0.706 bits per heavy atom. The van der Waals surface area contributed by atoms with E-state index in [9.17, 15) is 21.6 Å². The van der Waals surface area contributed by atoms with Crippen molar-refractivity contribution in [2.24, 2.45) is 0 Å². The average Bonchev–Trinajstić information content (AvgIpc) is 3.17. The fourth-order valence-corrected chi connectivity index (χ4v) is 8.65. The first kappa shape index (κ1) is 34.0. The number of aromatic nitrogens is 4. The normalized spacial score (nSPS) is 14.5. The molecule has 3 aromatic heterocycles. The first-order chi connectivity index (χ1) is 24.6. The van der Waals surface area contributed by atoms with Crippen LogP contribution >= 0.6 is 0 Å². The minimum absolute atomic E-state index is 0.000746. The number of fused-ring (bicyclic) bond motifs is 2. The van der Waals surface area contributed by atoms with Crippen LogP contribution in [0.5, 0.6) is 5.75 Å². The molecule has 1 amide bonds. The molecule has 0 N–H and O–H groups in total. The molecule has 3 aromatic carbocycles. The van der Waals surface area contributed by atoms with Gasteiger partial charge in [0.2, 0.25) is 16.9 Å². The molecule has 1 atom stereocenters. The molecule has 6 aromatic rings. The van der Waals surface area contributed by atoms with Gasteiger partial charge < -0.3 is 14.0 Å². The van der Waals surface area contributed by atoms with Crippen LogP contribution in [0.2, 0.25) is 0 Å². The van der Waals surface area contributed by atoms with Gasteiger partial charge in [0.05, 0.1) is 0 Å². The molecule has 0 spiro atoms. The van der Waals surface area contributed by atoms with Crippen molar-refractivity contribution in [2.75, 3.05) is 38.1 Å². The van der Waals surface area contributed by atoms with Crippen LogP contribution in [-0.4, -0.2) is 91.2 Å². The van der Waals surface area contributed by atoms with E-state index in [4.69, 9.17) is 4.18 Å². The summed E-state index contributed by atoms with van der Waals surface area (Å²) in [4.78, 5) is 34.8. The predicted octanol–water partition coefficient (Wildman–Crippen LogP) is 3.92. The van der Waals surface area contributed by atoms with Crippen molar-refractivity contribution >= 4 is 53.5 Å². The molecule has 1 aliphatic rings. The van der Waals surface area contributed by atoms with Crippen molar-refractivity contribution in [3.8, 4) is 5.75 Å². The van der Waals surface area contributed by atoms with Crippen LogP contribution in [0.15, 0.2) is 126 Å². The Morgan fingerprint density at radius 3 is 1.90 bits per heavy atom. The quantitative estimate of drug-likeness (QED) is 0.189. The summed E-state index contributed by atoms with van der Waals surface area (Å²) in [5.74, 6) is 0.222. The third kappa shape index (κ3) is 6.95. The van der Waals surface area contributed by atoms with Crippen LogP contribution in [0.25, 0.3) is 21.5 Å². The highest BCUT2D eigenvalue weighted by molar-refractivity contribution is 7.89. The Hall–Kier alpha value is -5.51.